The van der Waals surface area contributed by atoms with Crippen LogP contribution in [0.15, 0.2) is 4.42 Å². The molecule has 19 heavy (non-hydrogen) atoms. The van der Waals surface area contributed by atoms with E-state index < -0.39 is 0 Å². The van der Waals surface area contributed by atoms with Crippen molar-refractivity contribution in [3.63, 3.8) is 0 Å². The smallest absolute Gasteiger partial charge is 0.220 e. The van der Waals surface area contributed by atoms with Crippen molar-refractivity contribution in [3.8, 4) is 0 Å². The Bertz CT molecular complexity index is 425. The summed E-state index contributed by atoms with van der Waals surface area (Å²) >= 11 is 0. The van der Waals surface area contributed by atoms with E-state index in [1.54, 1.807) is 0 Å². The van der Waals surface area contributed by atoms with Gasteiger partial charge in [-0.1, -0.05) is 6.42 Å². The molecule has 0 amide bonds. The van der Waals surface area contributed by atoms with E-state index in [-0.39, 0.29) is 5.54 Å². The van der Waals surface area contributed by atoms with E-state index in [9.17, 15) is 0 Å². The highest BCUT2D eigenvalue weighted by atomic mass is 16.4. The van der Waals surface area contributed by atoms with Crippen molar-refractivity contribution in [2.75, 3.05) is 6.54 Å². The van der Waals surface area contributed by atoms with Crippen LogP contribution in [0.25, 0.3) is 0 Å². The SMILES string of the molecule is CC(C)(C)NCCCc1nnc(C2C3CCCC32)o1. The quantitative estimate of drug-likeness (QED) is 0.830. The molecule has 0 aromatic carbocycles. The van der Waals surface area contributed by atoms with Gasteiger partial charge in [0.05, 0.1) is 0 Å². The zero-order valence-corrected chi connectivity index (χ0v) is 12.3. The molecule has 2 unspecified atom stereocenters. The highest BCUT2D eigenvalue weighted by Crippen LogP contribution is 2.62. The van der Waals surface area contributed by atoms with Crippen LogP contribution in [-0.2, 0) is 6.42 Å². The summed E-state index contributed by atoms with van der Waals surface area (Å²) in [5, 5.41) is 11.9. The number of hydrogen-bond acceptors (Lipinski definition) is 4. The maximum Gasteiger partial charge on any atom is 0.220 e. The van der Waals surface area contributed by atoms with Gasteiger partial charge in [-0.2, -0.15) is 0 Å². The van der Waals surface area contributed by atoms with E-state index in [1.165, 1.54) is 19.3 Å². The molecule has 0 spiro atoms. The maximum absolute atomic E-state index is 5.83. The first-order valence-electron chi connectivity index (χ1n) is 7.62. The molecule has 2 aliphatic rings. The first kappa shape index (κ1) is 13.1. The fourth-order valence-corrected chi connectivity index (χ4v) is 3.39. The Kier molecular flexibility index (Phi) is 3.37. The predicted molar refractivity (Wildman–Crippen MR) is 73.9 cm³/mol. The van der Waals surface area contributed by atoms with Crippen LogP contribution in [0.1, 0.15) is 64.2 Å². The van der Waals surface area contributed by atoms with Gasteiger partial charge in [0.15, 0.2) is 0 Å². The predicted octanol–water partition coefficient (Wildman–Crippen LogP) is 2.90. The molecule has 2 fully saturated rings. The van der Waals surface area contributed by atoms with E-state index in [1.807, 2.05) is 0 Å². The lowest BCUT2D eigenvalue weighted by atomic mass is 10.1. The highest BCUT2D eigenvalue weighted by Gasteiger charge is 2.56. The van der Waals surface area contributed by atoms with Gasteiger partial charge in [0.1, 0.15) is 0 Å². The van der Waals surface area contributed by atoms with Gasteiger partial charge in [-0.3, -0.25) is 0 Å². The van der Waals surface area contributed by atoms with Gasteiger partial charge in [-0.05, 0) is 58.4 Å². The number of nitrogens with one attached hydrogen (secondary N) is 1. The summed E-state index contributed by atoms with van der Waals surface area (Å²) in [7, 11) is 0. The number of fused-ring (bicyclic) bond motifs is 1. The molecular weight excluding hydrogens is 238 g/mol. The fraction of sp³-hybridized carbons (Fsp3) is 0.867. The van der Waals surface area contributed by atoms with Gasteiger partial charge < -0.3 is 9.73 Å². The summed E-state index contributed by atoms with van der Waals surface area (Å²) < 4.78 is 5.83. The van der Waals surface area contributed by atoms with E-state index >= 15 is 0 Å². The lowest BCUT2D eigenvalue weighted by Crippen LogP contribution is -2.36. The van der Waals surface area contributed by atoms with Crippen LogP contribution in [0.3, 0.4) is 0 Å². The van der Waals surface area contributed by atoms with Crippen LogP contribution < -0.4 is 5.32 Å². The van der Waals surface area contributed by atoms with Crippen LogP contribution in [0.5, 0.6) is 0 Å². The Morgan fingerprint density at radius 1 is 1.21 bits per heavy atom. The van der Waals surface area contributed by atoms with Crippen molar-refractivity contribution in [1.29, 1.82) is 0 Å². The van der Waals surface area contributed by atoms with Gasteiger partial charge in [0.25, 0.3) is 0 Å². The number of aromatic nitrogens is 2. The molecule has 1 aromatic heterocycles. The zero-order valence-electron chi connectivity index (χ0n) is 12.3. The molecule has 0 saturated heterocycles. The molecule has 106 valence electrons. The molecule has 1 heterocycles. The Morgan fingerprint density at radius 2 is 1.95 bits per heavy atom. The molecule has 0 bridgehead atoms. The molecule has 3 rings (SSSR count). The minimum atomic E-state index is 0.186. The van der Waals surface area contributed by atoms with E-state index in [0.717, 1.165) is 43.0 Å². The molecule has 4 nitrogen and oxygen atoms in total. The number of nitrogens with zero attached hydrogens (tertiary/aromatic N) is 2. The van der Waals surface area contributed by atoms with E-state index in [2.05, 4.69) is 36.3 Å². The third kappa shape index (κ3) is 2.99. The number of hydrogen-bond donors (Lipinski definition) is 1. The van der Waals surface area contributed by atoms with Crippen molar-refractivity contribution in [2.45, 2.75) is 64.3 Å². The van der Waals surface area contributed by atoms with Gasteiger partial charge in [-0.25, -0.2) is 0 Å². The second kappa shape index (κ2) is 4.89. The normalized spacial score (nSPS) is 29.5. The van der Waals surface area contributed by atoms with Crippen molar-refractivity contribution < 1.29 is 4.42 Å². The molecule has 0 radical (unpaired) electrons. The number of aryl methyl sites for hydroxylation is 1. The Hall–Kier alpha value is -0.900. The molecule has 1 N–H and O–H groups in total. The van der Waals surface area contributed by atoms with Gasteiger partial charge in [-0.15, -0.1) is 10.2 Å². The van der Waals surface area contributed by atoms with Crippen molar-refractivity contribution >= 4 is 0 Å². The fourth-order valence-electron chi connectivity index (χ4n) is 3.39. The molecular formula is C15H25N3O. The largest absolute Gasteiger partial charge is 0.425 e. The zero-order chi connectivity index (χ0) is 13.5. The summed E-state index contributed by atoms with van der Waals surface area (Å²) in [5.41, 5.74) is 0.186. The molecule has 2 saturated carbocycles. The van der Waals surface area contributed by atoms with Crippen molar-refractivity contribution in [3.05, 3.63) is 11.8 Å². The lowest BCUT2D eigenvalue weighted by Gasteiger charge is -2.19. The minimum Gasteiger partial charge on any atom is -0.425 e. The standard InChI is InChI=1S/C15H25N3O/c1-15(2,3)16-9-5-8-12-17-18-14(19-12)13-10-6-4-7-11(10)13/h10-11,13,16H,4-9H2,1-3H3. The average Bonchev–Trinajstić information content (AvgIpc) is 2.76. The van der Waals surface area contributed by atoms with Gasteiger partial charge >= 0.3 is 0 Å². The van der Waals surface area contributed by atoms with E-state index in [0.29, 0.717) is 5.92 Å². The van der Waals surface area contributed by atoms with Crippen LogP contribution >= 0.6 is 0 Å². The summed E-state index contributed by atoms with van der Waals surface area (Å²) in [5.74, 6) is 4.04. The minimum absolute atomic E-state index is 0.186. The third-order valence-corrected chi connectivity index (χ3v) is 4.40. The van der Waals surface area contributed by atoms with Crippen LogP contribution in [0, 0.1) is 11.8 Å². The summed E-state index contributed by atoms with van der Waals surface area (Å²) in [6.45, 7) is 7.55. The highest BCUT2D eigenvalue weighted by molar-refractivity contribution is 5.15. The Labute approximate surface area is 115 Å². The monoisotopic (exact) mass is 263 g/mol. The summed E-state index contributed by atoms with van der Waals surface area (Å²) in [6, 6.07) is 0. The van der Waals surface area contributed by atoms with E-state index in [4.69, 9.17) is 4.42 Å². The molecule has 2 atom stereocenters. The van der Waals surface area contributed by atoms with Crippen LogP contribution in [0.2, 0.25) is 0 Å². The second-order valence-corrected chi connectivity index (χ2v) is 7.10. The Morgan fingerprint density at radius 3 is 2.63 bits per heavy atom. The average molecular weight is 263 g/mol. The molecule has 2 aliphatic carbocycles. The van der Waals surface area contributed by atoms with Gasteiger partial charge in [0.2, 0.25) is 11.8 Å². The summed E-state index contributed by atoms with van der Waals surface area (Å²) in [4.78, 5) is 0. The first-order chi connectivity index (χ1) is 9.04. The molecule has 4 heteroatoms. The lowest BCUT2D eigenvalue weighted by molar-refractivity contribution is 0.401. The third-order valence-electron chi connectivity index (χ3n) is 4.40. The molecule has 0 aliphatic heterocycles. The number of rotatable bonds is 5. The summed E-state index contributed by atoms with van der Waals surface area (Å²) in [6.07, 6.45) is 6.06. The van der Waals surface area contributed by atoms with Crippen molar-refractivity contribution in [2.24, 2.45) is 11.8 Å². The first-order valence-corrected chi connectivity index (χ1v) is 7.62. The Balaban J connectivity index is 1.44. The molecule has 1 aromatic rings. The van der Waals surface area contributed by atoms with Crippen molar-refractivity contribution in [1.82, 2.24) is 15.5 Å². The van der Waals surface area contributed by atoms with Gasteiger partial charge in [0, 0.05) is 17.9 Å². The maximum atomic E-state index is 5.83. The van der Waals surface area contributed by atoms with Crippen LogP contribution in [-0.4, -0.2) is 22.3 Å². The topological polar surface area (TPSA) is 51.0 Å². The second-order valence-electron chi connectivity index (χ2n) is 7.10. The van der Waals surface area contributed by atoms with Crippen LogP contribution in [0.4, 0.5) is 0 Å².